The van der Waals surface area contributed by atoms with E-state index in [9.17, 15) is 0 Å². The average molecular weight is 487 g/mol. The summed E-state index contributed by atoms with van der Waals surface area (Å²) in [5.41, 5.74) is 4.95. The molecule has 1 aliphatic rings. The van der Waals surface area contributed by atoms with E-state index in [1.807, 2.05) is 24.4 Å². The highest BCUT2D eigenvalue weighted by Crippen LogP contribution is 2.32. The van der Waals surface area contributed by atoms with Crippen LogP contribution in [0.3, 0.4) is 0 Å². The predicted octanol–water partition coefficient (Wildman–Crippen LogP) is 4.56. The first kappa shape index (κ1) is 22.0. The van der Waals surface area contributed by atoms with Gasteiger partial charge in [0, 0.05) is 43.3 Å². The molecule has 5 aromatic rings. The van der Waals surface area contributed by atoms with Crippen LogP contribution in [0.25, 0.3) is 32.5 Å². The van der Waals surface area contributed by atoms with Gasteiger partial charge in [0.1, 0.15) is 24.3 Å². The average Bonchev–Trinajstić information content (AvgIpc) is 3.55. The summed E-state index contributed by atoms with van der Waals surface area (Å²) in [5, 5.41) is 5.38. The van der Waals surface area contributed by atoms with Crippen molar-refractivity contribution in [3.63, 3.8) is 0 Å². The molecule has 0 unspecified atom stereocenters. The number of hydrogen-bond donors (Lipinski definition) is 2. The molecule has 1 aliphatic heterocycles. The maximum atomic E-state index is 5.99. The molecular formula is C26H26N6O2S. The van der Waals surface area contributed by atoms with Gasteiger partial charge in [-0.05, 0) is 35.9 Å². The summed E-state index contributed by atoms with van der Waals surface area (Å²) in [7, 11) is 0. The minimum atomic E-state index is 0.679. The summed E-state index contributed by atoms with van der Waals surface area (Å²) >= 11 is 1.65. The van der Waals surface area contributed by atoms with Gasteiger partial charge < -0.3 is 19.8 Å². The largest absolute Gasteiger partial charge is 0.492 e. The van der Waals surface area contributed by atoms with Crippen LogP contribution in [0.4, 0.5) is 5.13 Å². The molecule has 4 heterocycles. The Morgan fingerprint density at radius 2 is 2.03 bits per heavy atom. The van der Waals surface area contributed by atoms with Crippen molar-refractivity contribution in [3.8, 4) is 17.0 Å². The van der Waals surface area contributed by atoms with Crippen LogP contribution in [0.2, 0.25) is 0 Å². The van der Waals surface area contributed by atoms with E-state index in [0.717, 1.165) is 81.8 Å². The van der Waals surface area contributed by atoms with Gasteiger partial charge in [0.15, 0.2) is 5.13 Å². The minimum absolute atomic E-state index is 0.679. The van der Waals surface area contributed by atoms with E-state index in [0.29, 0.717) is 13.2 Å². The predicted molar refractivity (Wildman–Crippen MR) is 139 cm³/mol. The molecule has 35 heavy (non-hydrogen) atoms. The number of morpholine rings is 1. The van der Waals surface area contributed by atoms with Crippen molar-refractivity contribution < 1.29 is 9.47 Å². The molecule has 9 heteroatoms. The highest BCUT2D eigenvalue weighted by Gasteiger charge is 2.11. The quantitative estimate of drug-likeness (QED) is 0.332. The molecule has 1 saturated heterocycles. The number of rotatable bonds is 8. The Morgan fingerprint density at radius 1 is 1.09 bits per heavy atom. The van der Waals surface area contributed by atoms with E-state index in [-0.39, 0.29) is 0 Å². The zero-order valence-electron chi connectivity index (χ0n) is 19.2. The van der Waals surface area contributed by atoms with Crippen LogP contribution in [-0.2, 0) is 11.3 Å². The summed E-state index contributed by atoms with van der Waals surface area (Å²) < 4.78 is 12.5. The van der Waals surface area contributed by atoms with E-state index in [4.69, 9.17) is 14.5 Å². The Balaban J connectivity index is 1.10. The molecule has 0 saturated carbocycles. The van der Waals surface area contributed by atoms with Gasteiger partial charge in [0.25, 0.3) is 0 Å². The summed E-state index contributed by atoms with van der Waals surface area (Å²) in [6.07, 6.45) is 3.48. The number of ether oxygens (including phenoxy) is 2. The normalized spacial score (nSPS) is 14.5. The lowest BCUT2D eigenvalue weighted by atomic mass is 10.1. The fourth-order valence-electron chi connectivity index (χ4n) is 4.29. The van der Waals surface area contributed by atoms with Crippen LogP contribution in [0.15, 0.2) is 61.1 Å². The van der Waals surface area contributed by atoms with Crippen molar-refractivity contribution in [1.82, 2.24) is 24.8 Å². The zero-order valence-corrected chi connectivity index (χ0v) is 20.1. The van der Waals surface area contributed by atoms with Crippen molar-refractivity contribution in [3.05, 3.63) is 66.6 Å². The number of aromatic amines is 1. The number of hydrogen-bond acceptors (Lipinski definition) is 8. The second kappa shape index (κ2) is 9.99. The van der Waals surface area contributed by atoms with Crippen LogP contribution in [-0.4, -0.2) is 64.3 Å². The molecule has 0 bridgehead atoms. The topological polar surface area (TPSA) is 88.2 Å². The van der Waals surface area contributed by atoms with Gasteiger partial charge in [0.05, 0.1) is 29.1 Å². The molecule has 6 rings (SSSR count). The Labute approximate surface area is 207 Å². The number of fused-ring (bicyclic) bond motifs is 2. The van der Waals surface area contributed by atoms with Gasteiger partial charge in [-0.15, -0.1) is 0 Å². The third kappa shape index (κ3) is 4.97. The molecule has 3 aromatic heterocycles. The van der Waals surface area contributed by atoms with Crippen molar-refractivity contribution in [2.24, 2.45) is 0 Å². The molecule has 0 amide bonds. The molecular weight excluding hydrogens is 460 g/mol. The highest BCUT2D eigenvalue weighted by atomic mass is 32.1. The van der Waals surface area contributed by atoms with Gasteiger partial charge in [0.2, 0.25) is 0 Å². The smallest absolute Gasteiger partial charge is 0.184 e. The SMILES string of the molecule is c1cc(CNc2nc3ccc(-c4ncnc5[nH]ccc45)cc3s2)cc(OCCN2CCOCC2)c1. The third-order valence-corrected chi connectivity index (χ3v) is 7.11. The second-order valence-corrected chi connectivity index (χ2v) is 9.50. The monoisotopic (exact) mass is 486 g/mol. The fourth-order valence-corrected chi connectivity index (χ4v) is 5.19. The first-order valence-corrected chi connectivity index (χ1v) is 12.6. The number of thiazole rings is 1. The van der Waals surface area contributed by atoms with E-state index >= 15 is 0 Å². The first-order valence-electron chi connectivity index (χ1n) is 11.8. The van der Waals surface area contributed by atoms with Crippen molar-refractivity contribution >= 4 is 37.7 Å². The van der Waals surface area contributed by atoms with Crippen molar-refractivity contribution in [2.75, 3.05) is 44.8 Å². The van der Waals surface area contributed by atoms with Gasteiger partial charge in [-0.1, -0.05) is 29.5 Å². The molecule has 1 fully saturated rings. The van der Waals surface area contributed by atoms with E-state index in [2.05, 4.69) is 55.5 Å². The highest BCUT2D eigenvalue weighted by molar-refractivity contribution is 7.22. The summed E-state index contributed by atoms with van der Waals surface area (Å²) in [6, 6.07) is 16.5. The van der Waals surface area contributed by atoms with E-state index in [1.54, 1.807) is 17.7 Å². The lowest BCUT2D eigenvalue weighted by Gasteiger charge is -2.26. The van der Waals surface area contributed by atoms with Crippen molar-refractivity contribution in [2.45, 2.75) is 6.54 Å². The van der Waals surface area contributed by atoms with Crippen LogP contribution >= 0.6 is 11.3 Å². The maximum absolute atomic E-state index is 5.99. The maximum Gasteiger partial charge on any atom is 0.184 e. The standard InChI is InChI=1S/C26H26N6O2S/c1-2-18(14-20(3-1)34-13-10-32-8-11-33-12-9-32)16-28-26-31-22-5-4-19(15-23(22)35-26)24-21-6-7-27-25(21)30-17-29-24/h1-7,14-15,17H,8-13,16H2,(H,28,31)(H,27,29,30). The van der Waals surface area contributed by atoms with Gasteiger partial charge in [-0.25, -0.2) is 15.0 Å². The van der Waals surface area contributed by atoms with Gasteiger partial charge in [-0.3, -0.25) is 4.90 Å². The number of anilines is 1. The summed E-state index contributed by atoms with van der Waals surface area (Å²) in [4.78, 5) is 19.1. The fraction of sp³-hybridized carbons (Fsp3) is 0.269. The summed E-state index contributed by atoms with van der Waals surface area (Å²) in [6.45, 7) is 5.86. The Kier molecular flexibility index (Phi) is 6.27. The molecule has 0 radical (unpaired) electrons. The van der Waals surface area contributed by atoms with Crippen LogP contribution < -0.4 is 10.1 Å². The Morgan fingerprint density at radius 3 is 2.97 bits per heavy atom. The molecule has 0 spiro atoms. The van der Waals surface area contributed by atoms with E-state index < -0.39 is 0 Å². The van der Waals surface area contributed by atoms with Gasteiger partial charge >= 0.3 is 0 Å². The molecule has 0 aliphatic carbocycles. The lowest BCUT2D eigenvalue weighted by molar-refractivity contribution is 0.0322. The van der Waals surface area contributed by atoms with E-state index in [1.165, 1.54) is 0 Å². The number of nitrogens with zero attached hydrogens (tertiary/aromatic N) is 4. The van der Waals surface area contributed by atoms with Gasteiger partial charge in [-0.2, -0.15) is 0 Å². The second-order valence-electron chi connectivity index (χ2n) is 8.47. The molecule has 178 valence electrons. The summed E-state index contributed by atoms with van der Waals surface area (Å²) in [5.74, 6) is 0.896. The number of aromatic nitrogens is 4. The molecule has 2 N–H and O–H groups in total. The minimum Gasteiger partial charge on any atom is -0.492 e. The number of benzene rings is 2. The lowest BCUT2D eigenvalue weighted by Crippen LogP contribution is -2.38. The molecule has 2 aromatic carbocycles. The van der Waals surface area contributed by atoms with Crippen LogP contribution in [0, 0.1) is 0 Å². The third-order valence-electron chi connectivity index (χ3n) is 6.14. The Hall–Kier alpha value is -3.53. The molecule has 8 nitrogen and oxygen atoms in total. The van der Waals surface area contributed by atoms with Crippen LogP contribution in [0.1, 0.15) is 5.56 Å². The number of H-pyrrole nitrogens is 1. The Bertz CT molecular complexity index is 1440. The zero-order chi connectivity index (χ0) is 23.5. The van der Waals surface area contributed by atoms with Crippen molar-refractivity contribution in [1.29, 1.82) is 0 Å². The molecule has 0 atom stereocenters. The first-order chi connectivity index (χ1) is 17.3. The van der Waals surface area contributed by atoms with Crippen LogP contribution in [0.5, 0.6) is 5.75 Å². The number of nitrogens with one attached hydrogen (secondary N) is 2.